The van der Waals surface area contributed by atoms with Gasteiger partial charge in [0.1, 0.15) is 0 Å². The summed E-state index contributed by atoms with van der Waals surface area (Å²) in [6, 6.07) is 7.93. The molecule has 1 heterocycles. The van der Waals surface area contributed by atoms with Gasteiger partial charge in [-0.15, -0.1) is 0 Å². The Balaban J connectivity index is 1.84. The highest BCUT2D eigenvalue weighted by Crippen LogP contribution is 2.17. The van der Waals surface area contributed by atoms with Gasteiger partial charge in [-0.2, -0.15) is 0 Å². The van der Waals surface area contributed by atoms with E-state index in [1.54, 1.807) is 7.11 Å². The van der Waals surface area contributed by atoms with Crippen molar-refractivity contribution in [2.45, 2.75) is 6.42 Å². The number of amides is 1. The van der Waals surface area contributed by atoms with Crippen molar-refractivity contribution >= 4 is 22.9 Å². The number of aryl methyl sites for hydroxylation is 1. The van der Waals surface area contributed by atoms with E-state index in [0.29, 0.717) is 26.1 Å². The van der Waals surface area contributed by atoms with E-state index < -0.39 is 0 Å². The fourth-order valence-electron chi connectivity index (χ4n) is 1.97. The number of ether oxygens (including phenoxy) is 1. The topological polar surface area (TPSA) is 68.2 Å². The monoisotopic (exact) mass is 276 g/mol. The fraction of sp³-hybridized carbons (Fsp3) is 0.429. The second-order valence-corrected chi connectivity index (χ2v) is 4.50. The number of imidazole rings is 1. The number of rotatable bonds is 7. The van der Waals surface area contributed by atoms with Gasteiger partial charge in [-0.25, -0.2) is 4.98 Å². The molecular formula is C14H20N4O2. The van der Waals surface area contributed by atoms with Gasteiger partial charge in [0, 0.05) is 33.7 Å². The zero-order valence-electron chi connectivity index (χ0n) is 11.8. The van der Waals surface area contributed by atoms with Crippen molar-refractivity contribution in [1.82, 2.24) is 14.9 Å². The molecule has 0 radical (unpaired) electrons. The van der Waals surface area contributed by atoms with Crippen molar-refractivity contribution in [1.29, 1.82) is 0 Å². The number of benzene rings is 1. The minimum Gasteiger partial charge on any atom is -0.383 e. The first kappa shape index (κ1) is 14.3. The van der Waals surface area contributed by atoms with Gasteiger partial charge in [-0.3, -0.25) is 4.79 Å². The van der Waals surface area contributed by atoms with Gasteiger partial charge in [0.25, 0.3) is 0 Å². The second-order valence-electron chi connectivity index (χ2n) is 4.50. The summed E-state index contributed by atoms with van der Waals surface area (Å²) in [5.74, 6) is 0.782. The maximum atomic E-state index is 11.5. The molecule has 20 heavy (non-hydrogen) atoms. The summed E-state index contributed by atoms with van der Waals surface area (Å²) in [5.41, 5.74) is 2.02. The summed E-state index contributed by atoms with van der Waals surface area (Å²) in [5, 5.41) is 5.96. The third-order valence-corrected chi connectivity index (χ3v) is 3.05. The summed E-state index contributed by atoms with van der Waals surface area (Å²) >= 11 is 0. The molecule has 0 saturated carbocycles. The molecule has 6 heteroatoms. The van der Waals surface area contributed by atoms with Crippen molar-refractivity contribution in [2.24, 2.45) is 7.05 Å². The lowest BCUT2D eigenvalue weighted by atomic mass is 10.3. The highest BCUT2D eigenvalue weighted by atomic mass is 16.5. The number of hydrogen-bond acceptors (Lipinski definition) is 4. The van der Waals surface area contributed by atoms with Crippen molar-refractivity contribution < 1.29 is 9.53 Å². The van der Waals surface area contributed by atoms with Crippen molar-refractivity contribution in [2.75, 3.05) is 32.1 Å². The Hall–Kier alpha value is -2.08. The summed E-state index contributed by atoms with van der Waals surface area (Å²) < 4.78 is 6.86. The fourth-order valence-corrected chi connectivity index (χ4v) is 1.97. The number of methoxy groups -OCH3 is 1. The van der Waals surface area contributed by atoms with E-state index >= 15 is 0 Å². The first-order chi connectivity index (χ1) is 9.72. The van der Waals surface area contributed by atoms with E-state index in [2.05, 4.69) is 15.6 Å². The standard InChI is InChI=1S/C14H20N4O2/c1-18-12-6-4-3-5-11(12)17-14(18)16-8-7-13(19)15-9-10-20-2/h3-6H,7-10H2,1-2H3,(H,15,19)(H,16,17). The number of fused-ring (bicyclic) bond motifs is 1. The zero-order valence-corrected chi connectivity index (χ0v) is 11.8. The molecule has 0 bridgehead atoms. The number of nitrogens with one attached hydrogen (secondary N) is 2. The van der Waals surface area contributed by atoms with Crippen LogP contribution in [-0.2, 0) is 16.6 Å². The normalized spacial score (nSPS) is 10.7. The van der Waals surface area contributed by atoms with Crippen LogP contribution in [-0.4, -0.2) is 42.3 Å². The highest BCUT2D eigenvalue weighted by Gasteiger charge is 2.07. The lowest BCUT2D eigenvalue weighted by Gasteiger charge is -2.07. The molecule has 0 unspecified atom stereocenters. The largest absolute Gasteiger partial charge is 0.383 e. The lowest BCUT2D eigenvalue weighted by molar-refractivity contribution is -0.121. The first-order valence-corrected chi connectivity index (χ1v) is 6.63. The van der Waals surface area contributed by atoms with Crippen molar-refractivity contribution in [3.05, 3.63) is 24.3 Å². The maximum Gasteiger partial charge on any atom is 0.221 e. The molecule has 6 nitrogen and oxygen atoms in total. The van der Waals surface area contributed by atoms with Crippen LogP contribution in [0.3, 0.4) is 0 Å². The van der Waals surface area contributed by atoms with Crippen LogP contribution in [0.1, 0.15) is 6.42 Å². The summed E-state index contributed by atoms with van der Waals surface area (Å²) in [6.07, 6.45) is 0.410. The first-order valence-electron chi connectivity index (χ1n) is 6.63. The quantitative estimate of drug-likeness (QED) is 0.744. The van der Waals surface area contributed by atoms with E-state index in [0.717, 1.165) is 17.0 Å². The molecule has 2 aromatic rings. The lowest BCUT2D eigenvalue weighted by Crippen LogP contribution is -2.28. The molecule has 1 amide bonds. The third kappa shape index (κ3) is 3.48. The molecule has 1 aromatic carbocycles. The number of para-hydroxylation sites is 2. The Morgan fingerprint density at radius 3 is 2.90 bits per heavy atom. The van der Waals surface area contributed by atoms with Crippen molar-refractivity contribution in [3.8, 4) is 0 Å². The smallest absolute Gasteiger partial charge is 0.221 e. The van der Waals surface area contributed by atoms with E-state index in [9.17, 15) is 4.79 Å². The molecule has 0 spiro atoms. The summed E-state index contributed by atoms with van der Waals surface area (Å²) in [7, 11) is 3.57. The average Bonchev–Trinajstić information content (AvgIpc) is 2.77. The molecule has 2 rings (SSSR count). The van der Waals surface area contributed by atoms with Crippen molar-refractivity contribution in [3.63, 3.8) is 0 Å². The molecule has 0 aliphatic heterocycles. The Bertz CT molecular complexity index is 580. The number of carbonyl (C=O) groups excluding carboxylic acids is 1. The molecule has 2 N–H and O–H groups in total. The predicted molar refractivity (Wildman–Crippen MR) is 78.7 cm³/mol. The molecular weight excluding hydrogens is 256 g/mol. The summed E-state index contributed by atoms with van der Waals surface area (Å²) in [6.45, 7) is 1.63. The number of anilines is 1. The molecule has 0 aliphatic rings. The average molecular weight is 276 g/mol. The van der Waals surface area contributed by atoms with Gasteiger partial charge in [-0.1, -0.05) is 12.1 Å². The minimum absolute atomic E-state index is 0.00770. The molecule has 108 valence electrons. The summed E-state index contributed by atoms with van der Waals surface area (Å²) in [4.78, 5) is 16.0. The highest BCUT2D eigenvalue weighted by molar-refractivity contribution is 5.79. The molecule has 0 saturated heterocycles. The van der Waals surface area contributed by atoms with Crippen LogP contribution in [0.2, 0.25) is 0 Å². The zero-order chi connectivity index (χ0) is 14.4. The van der Waals surface area contributed by atoms with E-state index in [1.165, 1.54) is 0 Å². The van der Waals surface area contributed by atoms with Gasteiger partial charge in [0.2, 0.25) is 11.9 Å². The van der Waals surface area contributed by atoms with Gasteiger partial charge in [0.05, 0.1) is 17.6 Å². The molecule has 0 aliphatic carbocycles. The molecule has 0 fully saturated rings. The number of carbonyl (C=O) groups is 1. The Kier molecular flexibility index (Phi) is 4.95. The number of hydrogen-bond donors (Lipinski definition) is 2. The minimum atomic E-state index is 0.00770. The Morgan fingerprint density at radius 2 is 2.15 bits per heavy atom. The SMILES string of the molecule is COCCNC(=O)CCNc1nc2ccccc2n1C. The van der Waals surface area contributed by atoms with Crippen LogP contribution >= 0.6 is 0 Å². The Labute approximate surface area is 118 Å². The van der Waals surface area contributed by atoms with Crippen LogP contribution in [0.5, 0.6) is 0 Å². The van der Waals surface area contributed by atoms with Crippen LogP contribution < -0.4 is 10.6 Å². The molecule has 1 aromatic heterocycles. The Morgan fingerprint density at radius 1 is 1.35 bits per heavy atom. The van der Waals surface area contributed by atoms with E-state index in [4.69, 9.17) is 4.74 Å². The van der Waals surface area contributed by atoms with Crippen LogP contribution in [0.4, 0.5) is 5.95 Å². The second kappa shape index (κ2) is 6.91. The van der Waals surface area contributed by atoms with Gasteiger partial charge in [-0.05, 0) is 12.1 Å². The van der Waals surface area contributed by atoms with Gasteiger partial charge in [0.15, 0.2) is 0 Å². The number of nitrogens with zero attached hydrogens (tertiary/aromatic N) is 2. The van der Waals surface area contributed by atoms with E-state index in [1.807, 2.05) is 35.9 Å². The van der Waals surface area contributed by atoms with Gasteiger partial charge < -0.3 is 19.9 Å². The predicted octanol–water partition coefficient (Wildman–Crippen LogP) is 1.14. The van der Waals surface area contributed by atoms with Gasteiger partial charge >= 0.3 is 0 Å². The van der Waals surface area contributed by atoms with Crippen LogP contribution in [0, 0.1) is 0 Å². The molecule has 0 atom stereocenters. The number of aromatic nitrogens is 2. The maximum absolute atomic E-state index is 11.5. The van der Waals surface area contributed by atoms with Crippen LogP contribution in [0.15, 0.2) is 24.3 Å². The third-order valence-electron chi connectivity index (χ3n) is 3.05. The van der Waals surface area contributed by atoms with Crippen LogP contribution in [0.25, 0.3) is 11.0 Å². The van der Waals surface area contributed by atoms with E-state index in [-0.39, 0.29) is 5.91 Å².